The molecule has 0 aliphatic carbocycles. The van der Waals surface area contributed by atoms with Crippen LogP contribution < -0.4 is 4.72 Å². The first-order valence-electron chi connectivity index (χ1n) is 6.88. The van der Waals surface area contributed by atoms with Gasteiger partial charge in [-0.15, -0.1) is 0 Å². The fourth-order valence-electron chi connectivity index (χ4n) is 2.52. The van der Waals surface area contributed by atoms with Gasteiger partial charge in [0.05, 0.1) is 11.8 Å². The van der Waals surface area contributed by atoms with E-state index in [0.717, 1.165) is 29.1 Å². The minimum atomic E-state index is -3.23. The third kappa shape index (κ3) is 4.65. The first kappa shape index (κ1) is 16.7. The van der Waals surface area contributed by atoms with Gasteiger partial charge in [0.25, 0.3) is 5.91 Å². The molecule has 0 aromatic heterocycles. The van der Waals surface area contributed by atoms with Crippen LogP contribution in [-0.2, 0) is 10.0 Å². The number of rotatable bonds is 4. The molecule has 1 aliphatic heterocycles. The number of hydrogen-bond acceptors (Lipinski definition) is 3. The summed E-state index contributed by atoms with van der Waals surface area (Å²) in [5.41, 5.74) is 0.685. The molecule has 1 aromatic carbocycles. The van der Waals surface area contributed by atoms with Gasteiger partial charge in [0, 0.05) is 22.7 Å². The van der Waals surface area contributed by atoms with Crippen molar-refractivity contribution in [1.29, 1.82) is 0 Å². The standard InChI is InChI=1S/C14H19IN2O3S/c1-21(19,20)16-10-11-6-4-5-9-17(11)14(18)12-7-2-3-8-13(12)15/h2-3,7-8,11,16H,4-6,9-10H2,1H3. The van der Waals surface area contributed by atoms with E-state index < -0.39 is 10.0 Å². The van der Waals surface area contributed by atoms with Gasteiger partial charge in [0.1, 0.15) is 0 Å². The number of halogens is 1. The topological polar surface area (TPSA) is 66.5 Å². The molecule has 21 heavy (non-hydrogen) atoms. The maximum Gasteiger partial charge on any atom is 0.255 e. The van der Waals surface area contributed by atoms with Crippen LogP contribution in [-0.4, -0.2) is 44.6 Å². The molecule has 5 nitrogen and oxygen atoms in total. The molecule has 0 saturated carbocycles. The Kier molecular flexibility index (Phi) is 5.61. The van der Waals surface area contributed by atoms with Gasteiger partial charge in [0.2, 0.25) is 10.0 Å². The van der Waals surface area contributed by atoms with Crippen molar-refractivity contribution in [3.63, 3.8) is 0 Å². The molecule has 1 aromatic rings. The molecule has 2 rings (SSSR count). The molecule has 1 atom stereocenters. The van der Waals surface area contributed by atoms with Gasteiger partial charge in [-0.05, 0) is 54.0 Å². The van der Waals surface area contributed by atoms with E-state index in [9.17, 15) is 13.2 Å². The molecule has 1 amide bonds. The minimum absolute atomic E-state index is 0.0139. The van der Waals surface area contributed by atoms with Gasteiger partial charge < -0.3 is 4.90 Å². The summed E-state index contributed by atoms with van der Waals surface area (Å²) in [7, 11) is -3.23. The number of benzene rings is 1. The number of amides is 1. The van der Waals surface area contributed by atoms with E-state index in [1.165, 1.54) is 0 Å². The van der Waals surface area contributed by atoms with E-state index >= 15 is 0 Å². The average Bonchev–Trinajstić information content (AvgIpc) is 2.44. The maximum atomic E-state index is 12.7. The Labute approximate surface area is 139 Å². The number of sulfonamides is 1. The summed E-state index contributed by atoms with van der Waals surface area (Å²) < 4.78 is 26.0. The normalized spacial score (nSPS) is 19.5. The fourth-order valence-corrected chi connectivity index (χ4v) is 3.63. The SMILES string of the molecule is CS(=O)(=O)NCC1CCCCN1C(=O)c1ccccc1I. The molecular formula is C14H19IN2O3S. The van der Waals surface area contributed by atoms with Crippen LogP contribution in [0.4, 0.5) is 0 Å². The molecule has 7 heteroatoms. The second-order valence-corrected chi connectivity index (χ2v) is 8.24. The smallest absolute Gasteiger partial charge is 0.255 e. The first-order valence-corrected chi connectivity index (χ1v) is 9.85. The van der Waals surface area contributed by atoms with E-state index in [1.807, 2.05) is 24.3 Å². The molecule has 1 aliphatic rings. The van der Waals surface area contributed by atoms with Crippen molar-refractivity contribution in [3.8, 4) is 0 Å². The number of carbonyl (C=O) groups is 1. The lowest BCUT2D eigenvalue weighted by atomic mass is 10.0. The van der Waals surface area contributed by atoms with Crippen LogP contribution in [0.5, 0.6) is 0 Å². The van der Waals surface area contributed by atoms with E-state index in [-0.39, 0.29) is 18.5 Å². The van der Waals surface area contributed by atoms with Crippen LogP contribution in [0, 0.1) is 3.57 Å². The number of nitrogens with zero attached hydrogens (tertiary/aromatic N) is 1. The van der Waals surface area contributed by atoms with Crippen molar-refractivity contribution in [1.82, 2.24) is 9.62 Å². The van der Waals surface area contributed by atoms with Crippen molar-refractivity contribution in [3.05, 3.63) is 33.4 Å². The summed E-state index contributed by atoms with van der Waals surface area (Å²) in [4.78, 5) is 14.5. The summed E-state index contributed by atoms with van der Waals surface area (Å²) >= 11 is 2.15. The Morgan fingerprint density at radius 3 is 2.76 bits per heavy atom. The van der Waals surface area contributed by atoms with Crippen molar-refractivity contribution >= 4 is 38.5 Å². The monoisotopic (exact) mass is 422 g/mol. The Bertz CT molecular complexity index is 618. The Balaban J connectivity index is 2.15. The predicted molar refractivity (Wildman–Crippen MR) is 90.7 cm³/mol. The Morgan fingerprint density at radius 1 is 1.38 bits per heavy atom. The number of carbonyl (C=O) groups excluding carboxylic acids is 1. The van der Waals surface area contributed by atoms with Gasteiger partial charge in [-0.3, -0.25) is 4.79 Å². The van der Waals surface area contributed by atoms with Crippen LogP contribution >= 0.6 is 22.6 Å². The van der Waals surface area contributed by atoms with Crippen LogP contribution in [0.25, 0.3) is 0 Å². The molecule has 1 unspecified atom stereocenters. The van der Waals surface area contributed by atoms with E-state index in [4.69, 9.17) is 0 Å². The molecule has 0 radical (unpaired) electrons. The number of hydrogen-bond donors (Lipinski definition) is 1. The third-order valence-electron chi connectivity index (χ3n) is 3.57. The van der Waals surface area contributed by atoms with Crippen molar-refractivity contribution in [2.75, 3.05) is 19.3 Å². The summed E-state index contributed by atoms with van der Waals surface area (Å²) in [6.45, 7) is 0.966. The Hall–Kier alpha value is -0.670. The summed E-state index contributed by atoms with van der Waals surface area (Å²) in [6, 6.07) is 7.40. The van der Waals surface area contributed by atoms with Gasteiger partial charge in [-0.25, -0.2) is 13.1 Å². The number of piperidine rings is 1. The van der Waals surface area contributed by atoms with Crippen LogP contribution in [0.2, 0.25) is 0 Å². The van der Waals surface area contributed by atoms with E-state index in [1.54, 1.807) is 4.90 Å². The predicted octanol–water partition coefficient (Wildman–Crippen LogP) is 1.84. The Morgan fingerprint density at radius 2 is 2.10 bits per heavy atom. The first-order chi connectivity index (χ1) is 9.88. The van der Waals surface area contributed by atoms with Gasteiger partial charge in [-0.2, -0.15) is 0 Å². The molecule has 1 saturated heterocycles. The molecule has 116 valence electrons. The van der Waals surface area contributed by atoms with Crippen LogP contribution in [0.3, 0.4) is 0 Å². The van der Waals surface area contributed by atoms with Crippen molar-refractivity contribution in [2.24, 2.45) is 0 Å². The highest BCUT2D eigenvalue weighted by molar-refractivity contribution is 14.1. The highest BCUT2D eigenvalue weighted by atomic mass is 127. The van der Waals surface area contributed by atoms with E-state index in [0.29, 0.717) is 12.1 Å². The van der Waals surface area contributed by atoms with Gasteiger partial charge in [0.15, 0.2) is 0 Å². The highest BCUT2D eigenvalue weighted by Crippen LogP contribution is 2.21. The second kappa shape index (κ2) is 7.06. The lowest BCUT2D eigenvalue weighted by Crippen LogP contribution is -2.49. The molecule has 1 heterocycles. The molecule has 0 spiro atoms. The molecule has 1 fully saturated rings. The molecule has 1 N–H and O–H groups in total. The zero-order valence-corrected chi connectivity index (χ0v) is 14.9. The van der Waals surface area contributed by atoms with Crippen molar-refractivity contribution in [2.45, 2.75) is 25.3 Å². The molecular weight excluding hydrogens is 403 g/mol. The molecule has 0 bridgehead atoms. The average molecular weight is 422 g/mol. The van der Waals surface area contributed by atoms with Crippen LogP contribution in [0.1, 0.15) is 29.6 Å². The van der Waals surface area contributed by atoms with Gasteiger partial charge >= 0.3 is 0 Å². The lowest BCUT2D eigenvalue weighted by molar-refractivity contribution is 0.0617. The summed E-state index contributed by atoms with van der Waals surface area (Å²) in [5, 5.41) is 0. The third-order valence-corrected chi connectivity index (χ3v) is 5.21. The number of likely N-dealkylation sites (tertiary alicyclic amines) is 1. The second-order valence-electron chi connectivity index (χ2n) is 5.25. The van der Waals surface area contributed by atoms with E-state index in [2.05, 4.69) is 27.3 Å². The number of nitrogens with one attached hydrogen (secondary N) is 1. The quantitative estimate of drug-likeness (QED) is 0.754. The zero-order chi connectivity index (χ0) is 15.5. The highest BCUT2D eigenvalue weighted by Gasteiger charge is 2.28. The van der Waals surface area contributed by atoms with Crippen molar-refractivity contribution < 1.29 is 13.2 Å². The zero-order valence-electron chi connectivity index (χ0n) is 11.9. The fraction of sp³-hybridized carbons (Fsp3) is 0.500. The summed E-state index contributed by atoms with van der Waals surface area (Å²) in [5.74, 6) is -0.0139. The maximum absolute atomic E-state index is 12.7. The largest absolute Gasteiger partial charge is 0.334 e. The van der Waals surface area contributed by atoms with Gasteiger partial charge in [-0.1, -0.05) is 12.1 Å². The summed E-state index contributed by atoms with van der Waals surface area (Å²) in [6.07, 6.45) is 3.95. The van der Waals surface area contributed by atoms with Crippen LogP contribution in [0.15, 0.2) is 24.3 Å². The lowest BCUT2D eigenvalue weighted by Gasteiger charge is -2.36. The minimum Gasteiger partial charge on any atom is -0.334 e.